The molecule has 0 aliphatic heterocycles. The highest BCUT2D eigenvalue weighted by atomic mass is 32.1. The molecular weight excluding hydrogens is 260 g/mol. The van der Waals surface area contributed by atoms with Gasteiger partial charge in [-0.3, -0.25) is 4.79 Å². The lowest BCUT2D eigenvalue weighted by Gasteiger charge is -2.04. The van der Waals surface area contributed by atoms with E-state index in [1.807, 2.05) is 5.38 Å². The summed E-state index contributed by atoms with van der Waals surface area (Å²) in [6.07, 6.45) is 2.47. The van der Waals surface area contributed by atoms with E-state index < -0.39 is 0 Å². The highest BCUT2D eigenvalue weighted by Crippen LogP contribution is 2.41. The van der Waals surface area contributed by atoms with E-state index in [0.29, 0.717) is 18.0 Å². The predicted octanol–water partition coefficient (Wildman–Crippen LogP) is 2.66. The summed E-state index contributed by atoms with van der Waals surface area (Å²) < 4.78 is 0. The van der Waals surface area contributed by atoms with Crippen molar-refractivity contribution < 1.29 is 9.90 Å². The molecule has 19 heavy (non-hydrogen) atoms. The van der Waals surface area contributed by atoms with Gasteiger partial charge in [0.25, 0.3) is 5.91 Å². The lowest BCUT2D eigenvalue weighted by atomic mass is 10.2. The summed E-state index contributed by atoms with van der Waals surface area (Å²) in [4.78, 5) is 16.4. The second-order valence-electron chi connectivity index (χ2n) is 4.65. The normalized spacial score (nSPS) is 14.3. The Morgan fingerprint density at radius 3 is 2.95 bits per heavy atom. The molecule has 1 aromatic heterocycles. The van der Waals surface area contributed by atoms with Crippen molar-refractivity contribution in [2.45, 2.75) is 25.3 Å². The van der Waals surface area contributed by atoms with Crippen LogP contribution in [0.4, 0.5) is 0 Å². The van der Waals surface area contributed by atoms with Crippen molar-refractivity contribution in [2.75, 3.05) is 0 Å². The quantitative estimate of drug-likeness (QED) is 0.901. The topological polar surface area (TPSA) is 62.2 Å². The first-order chi connectivity index (χ1) is 9.24. The van der Waals surface area contributed by atoms with Crippen LogP contribution in [0.2, 0.25) is 0 Å². The number of aromatic nitrogens is 1. The van der Waals surface area contributed by atoms with Crippen LogP contribution in [0.15, 0.2) is 29.6 Å². The summed E-state index contributed by atoms with van der Waals surface area (Å²) in [6, 6.07) is 6.52. The van der Waals surface area contributed by atoms with Gasteiger partial charge in [0.15, 0.2) is 0 Å². The molecule has 98 valence electrons. The number of aromatic hydroxyl groups is 1. The minimum Gasteiger partial charge on any atom is -0.507 e. The lowest BCUT2D eigenvalue weighted by molar-refractivity contribution is 0.0948. The first-order valence-corrected chi connectivity index (χ1v) is 7.12. The Hall–Kier alpha value is -1.88. The molecule has 3 rings (SSSR count). The van der Waals surface area contributed by atoms with Crippen LogP contribution >= 0.6 is 11.3 Å². The second kappa shape index (κ2) is 5.01. The first kappa shape index (κ1) is 12.2. The third-order valence-corrected chi connectivity index (χ3v) is 4.13. The molecule has 0 bridgehead atoms. The Labute approximate surface area is 115 Å². The van der Waals surface area contributed by atoms with Gasteiger partial charge in [-0.2, -0.15) is 0 Å². The fourth-order valence-electron chi connectivity index (χ4n) is 1.85. The Morgan fingerprint density at radius 1 is 1.42 bits per heavy atom. The van der Waals surface area contributed by atoms with E-state index in [9.17, 15) is 9.90 Å². The third-order valence-electron chi connectivity index (χ3n) is 3.07. The molecule has 0 unspecified atom stereocenters. The molecule has 1 aliphatic rings. The number of thiazole rings is 1. The molecule has 2 N–H and O–H groups in total. The van der Waals surface area contributed by atoms with Crippen LogP contribution in [0.1, 0.15) is 39.8 Å². The van der Waals surface area contributed by atoms with E-state index in [0.717, 1.165) is 5.69 Å². The van der Waals surface area contributed by atoms with Crippen LogP contribution < -0.4 is 5.32 Å². The number of hydrogen-bond donors (Lipinski definition) is 2. The van der Waals surface area contributed by atoms with E-state index in [4.69, 9.17) is 0 Å². The Kier molecular flexibility index (Phi) is 3.21. The average molecular weight is 274 g/mol. The van der Waals surface area contributed by atoms with E-state index in [1.165, 1.54) is 23.9 Å². The first-order valence-electron chi connectivity index (χ1n) is 6.24. The number of para-hydroxylation sites is 1. The third kappa shape index (κ3) is 2.76. The van der Waals surface area contributed by atoms with E-state index in [1.54, 1.807) is 29.5 Å². The minimum atomic E-state index is -0.279. The van der Waals surface area contributed by atoms with Gasteiger partial charge in [0.05, 0.1) is 22.8 Å². The molecule has 1 aromatic carbocycles. The number of carbonyl (C=O) groups is 1. The summed E-state index contributed by atoms with van der Waals surface area (Å²) in [6.45, 7) is 0.399. The van der Waals surface area contributed by atoms with Crippen molar-refractivity contribution in [3.63, 3.8) is 0 Å². The second-order valence-corrected chi connectivity index (χ2v) is 5.54. The lowest BCUT2D eigenvalue weighted by Crippen LogP contribution is -2.23. The number of amides is 1. The van der Waals surface area contributed by atoms with Crippen molar-refractivity contribution in [1.82, 2.24) is 10.3 Å². The molecule has 0 saturated heterocycles. The summed E-state index contributed by atoms with van der Waals surface area (Å²) >= 11 is 1.66. The van der Waals surface area contributed by atoms with Gasteiger partial charge in [0.2, 0.25) is 0 Å². The average Bonchev–Trinajstić information content (AvgIpc) is 3.16. The molecule has 0 spiro atoms. The Bertz CT molecular complexity index is 605. The largest absolute Gasteiger partial charge is 0.507 e. The van der Waals surface area contributed by atoms with Crippen LogP contribution in [0.3, 0.4) is 0 Å². The van der Waals surface area contributed by atoms with Gasteiger partial charge in [-0.1, -0.05) is 12.1 Å². The molecule has 4 nitrogen and oxygen atoms in total. The molecule has 2 aromatic rings. The van der Waals surface area contributed by atoms with Gasteiger partial charge in [-0.05, 0) is 25.0 Å². The number of hydrogen-bond acceptors (Lipinski definition) is 4. The van der Waals surface area contributed by atoms with E-state index >= 15 is 0 Å². The summed E-state index contributed by atoms with van der Waals surface area (Å²) in [5, 5.41) is 15.5. The number of rotatable bonds is 4. The minimum absolute atomic E-state index is 0.00283. The van der Waals surface area contributed by atoms with Gasteiger partial charge in [-0.25, -0.2) is 4.98 Å². The number of nitrogens with zero attached hydrogens (tertiary/aromatic N) is 1. The van der Waals surface area contributed by atoms with Crippen molar-refractivity contribution in [3.05, 3.63) is 45.9 Å². The van der Waals surface area contributed by atoms with E-state index in [-0.39, 0.29) is 11.7 Å². The standard InChI is InChI=1S/C14H14N2O2S/c17-12-4-2-1-3-11(12)13(18)15-7-10-8-19-14(16-10)9-5-6-9/h1-4,8-9,17H,5-7H2,(H,15,18). The molecule has 1 amide bonds. The maximum atomic E-state index is 11.9. The molecule has 1 aliphatic carbocycles. The monoisotopic (exact) mass is 274 g/mol. The van der Waals surface area contributed by atoms with Crippen molar-refractivity contribution in [3.8, 4) is 5.75 Å². The SMILES string of the molecule is O=C(NCc1csc(C2CC2)n1)c1ccccc1O. The molecule has 0 atom stereocenters. The molecule has 0 radical (unpaired) electrons. The summed E-state index contributed by atoms with van der Waals surface area (Å²) in [7, 11) is 0. The van der Waals surface area contributed by atoms with Crippen LogP contribution in [0, 0.1) is 0 Å². The van der Waals surface area contributed by atoms with Gasteiger partial charge < -0.3 is 10.4 Å². The number of benzene rings is 1. The number of nitrogens with one attached hydrogen (secondary N) is 1. The van der Waals surface area contributed by atoms with Crippen molar-refractivity contribution in [1.29, 1.82) is 0 Å². The highest BCUT2D eigenvalue weighted by Gasteiger charge is 2.26. The fourth-order valence-corrected chi connectivity index (χ4v) is 2.84. The van der Waals surface area contributed by atoms with Gasteiger partial charge >= 0.3 is 0 Å². The van der Waals surface area contributed by atoms with Crippen LogP contribution in [0.25, 0.3) is 0 Å². The Morgan fingerprint density at radius 2 is 2.21 bits per heavy atom. The van der Waals surface area contributed by atoms with Crippen LogP contribution in [0.5, 0.6) is 5.75 Å². The summed E-state index contributed by atoms with van der Waals surface area (Å²) in [5.74, 6) is 0.364. The molecule has 5 heteroatoms. The van der Waals surface area contributed by atoms with Crippen LogP contribution in [-0.2, 0) is 6.54 Å². The highest BCUT2D eigenvalue weighted by molar-refractivity contribution is 7.09. The maximum absolute atomic E-state index is 11.9. The van der Waals surface area contributed by atoms with Gasteiger partial charge in [0, 0.05) is 11.3 Å². The van der Waals surface area contributed by atoms with E-state index in [2.05, 4.69) is 10.3 Å². The van der Waals surface area contributed by atoms with Gasteiger partial charge in [-0.15, -0.1) is 11.3 Å². The number of carbonyl (C=O) groups excluding carboxylic acids is 1. The number of phenolic OH excluding ortho intramolecular Hbond substituents is 1. The Balaban J connectivity index is 1.62. The van der Waals surface area contributed by atoms with Crippen molar-refractivity contribution >= 4 is 17.2 Å². The maximum Gasteiger partial charge on any atom is 0.255 e. The van der Waals surface area contributed by atoms with Crippen LogP contribution in [-0.4, -0.2) is 16.0 Å². The molecule has 1 fully saturated rings. The molecule has 1 heterocycles. The van der Waals surface area contributed by atoms with Gasteiger partial charge in [0.1, 0.15) is 5.75 Å². The summed E-state index contributed by atoms with van der Waals surface area (Å²) in [5.41, 5.74) is 1.18. The molecular formula is C14H14N2O2S. The predicted molar refractivity (Wildman–Crippen MR) is 73.4 cm³/mol. The zero-order valence-electron chi connectivity index (χ0n) is 10.3. The fraction of sp³-hybridized carbons (Fsp3) is 0.286. The number of phenols is 1. The zero-order valence-corrected chi connectivity index (χ0v) is 11.1. The zero-order chi connectivity index (χ0) is 13.2. The van der Waals surface area contributed by atoms with Crippen molar-refractivity contribution in [2.24, 2.45) is 0 Å². The molecule has 1 saturated carbocycles. The smallest absolute Gasteiger partial charge is 0.255 e.